The van der Waals surface area contributed by atoms with Crippen LogP contribution in [0.15, 0.2) is 0 Å². The summed E-state index contributed by atoms with van der Waals surface area (Å²) in [7, 11) is 0. The topological polar surface area (TPSA) is 3.24 Å². The number of hydrogen-bond acceptors (Lipinski definition) is 1. The Morgan fingerprint density at radius 3 is 2.00 bits per heavy atom. The molecular formula is C7H15BN. The van der Waals surface area contributed by atoms with Crippen molar-refractivity contribution in [2.24, 2.45) is 0 Å². The highest BCUT2D eigenvalue weighted by atomic mass is 15.1. The molecule has 9 heavy (non-hydrogen) atoms. The standard InChI is InChI=1S/C7H15N.B/c1-2-8-6-4-3-5-7-8;/h2-7H2,1H3;. The van der Waals surface area contributed by atoms with Crippen molar-refractivity contribution in [3.05, 3.63) is 0 Å². The highest BCUT2D eigenvalue weighted by Gasteiger charge is 2.05. The largest absolute Gasteiger partial charge is 0.304 e. The zero-order valence-corrected chi connectivity index (χ0v) is 6.27. The van der Waals surface area contributed by atoms with E-state index in [0.29, 0.717) is 0 Å². The summed E-state index contributed by atoms with van der Waals surface area (Å²) in [5, 5.41) is 0. The fourth-order valence-electron chi connectivity index (χ4n) is 1.28. The molecule has 0 spiro atoms. The molecule has 3 radical (unpaired) electrons. The van der Waals surface area contributed by atoms with Crippen LogP contribution in [-0.2, 0) is 0 Å². The van der Waals surface area contributed by atoms with Crippen LogP contribution in [0.4, 0.5) is 0 Å². The van der Waals surface area contributed by atoms with E-state index < -0.39 is 0 Å². The van der Waals surface area contributed by atoms with E-state index in [0.717, 1.165) is 0 Å². The zero-order chi connectivity index (χ0) is 5.82. The van der Waals surface area contributed by atoms with Gasteiger partial charge >= 0.3 is 0 Å². The van der Waals surface area contributed by atoms with Gasteiger partial charge in [0.15, 0.2) is 0 Å². The molecule has 1 saturated heterocycles. The first-order chi connectivity index (χ1) is 3.93. The Labute approximate surface area is 60.0 Å². The Kier molecular flexibility index (Phi) is 4.88. The van der Waals surface area contributed by atoms with Gasteiger partial charge in [-0.3, -0.25) is 0 Å². The first-order valence-electron chi connectivity index (χ1n) is 3.66. The quantitative estimate of drug-likeness (QED) is 0.473. The lowest BCUT2D eigenvalue weighted by Crippen LogP contribution is -2.29. The van der Waals surface area contributed by atoms with Gasteiger partial charge in [0.25, 0.3) is 0 Å². The normalized spacial score (nSPS) is 21.0. The molecule has 51 valence electrons. The van der Waals surface area contributed by atoms with Gasteiger partial charge in [-0.25, -0.2) is 0 Å². The minimum atomic E-state index is 0. The van der Waals surface area contributed by atoms with Crippen LogP contribution in [0.5, 0.6) is 0 Å². The second-order valence-electron chi connectivity index (χ2n) is 2.49. The van der Waals surface area contributed by atoms with Crippen molar-refractivity contribution in [1.82, 2.24) is 4.90 Å². The Morgan fingerprint density at radius 1 is 1.11 bits per heavy atom. The zero-order valence-electron chi connectivity index (χ0n) is 6.27. The van der Waals surface area contributed by atoms with Crippen LogP contribution in [0.2, 0.25) is 0 Å². The van der Waals surface area contributed by atoms with Gasteiger partial charge < -0.3 is 4.90 Å². The lowest BCUT2D eigenvalue weighted by atomic mass is 10.1. The maximum atomic E-state index is 2.52. The molecule has 1 rings (SSSR count). The highest BCUT2D eigenvalue weighted by Crippen LogP contribution is 2.06. The summed E-state index contributed by atoms with van der Waals surface area (Å²) in [4.78, 5) is 2.52. The third-order valence-corrected chi connectivity index (χ3v) is 1.90. The summed E-state index contributed by atoms with van der Waals surface area (Å²) < 4.78 is 0. The first kappa shape index (κ1) is 9.02. The molecule has 0 bridgehead atoms. The molecule has 1 aliphatic rings. The molecule has 0 N–H and O–H groups in total. The summed E-state index contributed by atoms with van der Waals surface area (Å²) >= 11 is 0. The molecule has 1 nitrogen and oxygen atoms in total. The van der Waals surface area contributed by atoms with Crippen molar-refractivity contribution in [1.29, 1.82) is 0 Å². The summed E-state index contributed by atoms with van der Waals surface area (Å²) in [6.45, 7) is 6.18. The van der Waals surface area contributed by atoms with E-state index in [-0.39, 0.29) is 8.41 Å². The fraction of sp³-hybridized carbons (Fsp3) is 1.00. The first-order valence-corrected chi connectivity index (χ1v) is 3.66. The molecule has 1 aliphatic heterocycles. The number of nitrogens with zero attached hydrogens (tertiary/aromatic N) is 1. The van der Waals surface area contributed by atoms with Gasteiger partial charge in [-0.05, 0) is 32.5 Å². The van der Waals surface area contributed by atoms with Gasteiger partial charge in [0.2, 0.25) is 0 Å². The average Bonchev–Trinajstić information content (AvgIpc) is 1.90. The van der Waals surface area contributed by atoms with Crippen LogP contribution in [-0.4, -0.2) is 32.9 Å². The molecular weight excluding hydrogens is 109 g/mol. The molecule has 2 heteroatoms. The van der Waals surface area contributed by atoms with Gasteiger partial charge in [-0.15, -0.1) is 0 Å². The monoisotopic (exact) mass is 124 g/mol. The SMILES string of the molecule is CCN1CCCCC1.[B]. The van der Waals surface area contributed by atoms with Crippen molar-refractivity contribution in [3.8, 4) is 0 Å². The minimum Gasteiger partial charge on any atom is -0.304 e. The van der Waals surface area contributed by atoms with Crippen molar-refractivity contribution in [2.75, 3.05) is 19.6 Å². The molecule has 0 aliphatic carbocycles. The molecule has 0 aromatic carbocycles. The molecule has 0 saturated carbocycles. The van der Waals surface area contributed by atoms with E-state index in [1.807, 2.05) is 0 Å². The Hall–Kier alpha value is 0.0249. The van der Waals surface area contributed by atoms with E-state index in [2.05, 4.69) is 11.8 Å². The Bertz CT molecular complexity index is 59.9. The van der Waals surface area contributed by atoms with Crippen LogP contribution in [0.1, 0.15) is 26.2 Å². The van der Waals surface area contributed by atoms with Crippen LogP contribution in [0, 0.1) is 0 Å². The summed E-state index contributed by atoms with van der Waals surface area (Å²) in [5.74, 6) is 0. The van der Waals surface area contributed by atoms with Crippen molar-refractivity contribution >= 4 is 8.41 Å². The summed E-state index contributed by atoms with van der Waals surface area (Å²) in [6, 6.07) is 0. The number of rotatable bonds is 1. The fourth-order valence-corrected chi connectivity index (χ4v) is 1.28. The number of likely N-dealkylation sites (tertiary alicyclic amines) is 1. The molecule has 0 unspecified atom stereocenters. The number of piperidine rings is 1. The maximum absolute atomic E-state index is 2.52. The average molecular weight is 124 g/mol. The van der Waals surface area contributed by atoms with Gasteiger partial charge in [-0.1, -0.05) is 13.3 Å². The van der Waals surface area contributed by atoms with E-state index >= 15 is 0 Å². The van der Waals surface area contributed by atoms with Crippen LogP contribution in [0.3, 0.4) is 0 Å². The summed E-state index contributed by atoms with van der Waals surface area (Å²) in [5.41, 5.74) is 0. The lowest BCUT2D eigenvalue weighted by Gasteiger charge is -2.24. The van der Waals surface area contributed by atoms with Gasteiger partial charge in [0, 0.05) is 8.41 Å². The Morgan fingerprint density at radius 2 is 1.67 bits per heavy atom. The third kappa shape index (κ3) is 2.90. The highest BCUT2D eigenvalue weighted by molar-refractivity contribution is 5.75. The maximum Gasteiger partial charge on any atom is 0 e. The van der Waals surface area contributed by atoms with Crippen LogP contribution in [0.25, 0.3) is 0 Å². The Balaban J connectivity index is 0.000000640. The van der Waals surface area contributed by atoms with Gasteiger partial charge in [-0.2, -0.15) is 0 Å². The smallest absolute Gasteiger partial charge is 0 e. The van der Waals surface area contributed by atoms with Gasteiger partial charge in [0.05, 0.1) is 0 Å². The van der Waals surface area contributed by atoms with Crippen LogP contribution < -0.4 is 0 Å². The molecule has 0 aromatic rings. The van der Waals surface area contributed by atoms with Crippen molar-refractivity contribution in [2.45, 2.75) is 26.2 Å². The molecule has 0 aromatic heterocycles. The van der Waals surface area contributed by atoms with Crippen molar-refractivity contribution < 1.29 is 0 Å². The molecule has 0 amide bonds. The van der Waals surface area contributed by atoms with E-state index in [9.17, 15) is 0 Å². The second kappa shape index (κ2) is 4.86. The molecule has 1 fully saturated rings. The summed E-state index contributed by atoms with van der Waals surface area (Å²) in [6.07, 6.45) is 4.30. The molecule has 0 atom stereocenters. The minimum absolute atomic E-state index is 0. The van der Waals surface area contributed by atoms with E-state index in [1.165, 1.54) is 38.9 Å². The predicted octanol–water partition coefficient (Wildman–Crippen LogP) is 1.11. The van der Waals surface area contributed by atoms with Crippen LogP contribution >= 0.6 is 0 Å². The second-order valence-corrected chi connectivity index (χ2v) is 2.49. The van der Waals surface area contributed by atoms with Crippen molar-refractivity contribution in [3.63, 3.8) is 0 Å². The lowest BCUT2D eigenvalue weighted by molar-refractivity contribution is 0.240. The third-order valence-electron chi connectivity index (χ3n) is 1.90. The van der Waals surface area contributed by atoms with E-state index in [1.54, 1.807) is 0 Å². The predicted molar refractivity (Wildman–Crippen MR) is 41.7 cm³/mol. The molecule has 1 heterocycles. The number of hydrogen-bond donors (Lipinski definition) is 0. The van der Waals surface area contributed by atoms with E-state index in [4.69, 9.17) is 0 Å². The van der Waals surface area contributed by atoms with Gasteiger partial charge in [0.1, 0.15) is 0 Å².